The Morgan fingerprint density at radius 2 is 2.00 bits per heavy atom. The number of benzene rings is 2. The first-order valence-electron chi connectivity index (χ1n) is 6.73. The average molecular weight is 343 g/mol. The number of aromatic nitrogens is 1. The van der Waals surface area contributed by atoms with Crippen molar-refractivity contribution in [2.24, 2.45) is 0 Å². The summed E-state index contributed by atoms with van der Waals surface area (Å²) in [5.74, 6) is -0.0261. The summed E-state index contributed by atoms with van der Waals surface area (Å²) >= 11 is 3.47. The number of amides is 1. The first-order chi connectivity index (χ1) is 10.1. The van der Waals surface area contributed by atoms with Crippen LogP contribution >= 0.6 is 15.9 Å². The van der Waals surface area contributed by atoms with Crippen LogP contribution in [0.4, 0.5) is 5.69 Å². The van der Waals surface area contributed by atoms with E-state index in [4.69, 9.17) is 0 Å². The maximum Gasteiger partial charge on any atom is 0.244 e. The molecule has 1 N–H and O–H groups in total. The van der Waals surface area contributed by atoms with E-state index in [1.54, 1.807) is 0 Å². The Kier molecular flexibility index (Phi) is 3.80. The highest BCUT2D eigenvalue weighted by molar-refractivity contribution is 9.10. The van der Waals surface area contributed by atoms with E-state index < -0.39 is 0 Å². The Bertz CT molecular complexity index is 807. The molecule has 0 aliphatic carbocycles. The fourth-order valence-corrected chi connectivity index (χ4v) is 2.70. The number of anilines is 1. The van der Waals surface area contributed by atoms with Crippen molar-refractivity contribution < 1.29 is 4.79 Å². The number of halogens is 1. The Morgan fingerprint density at radius 1 is 1.19 bits per heavy atom. The monoisotopic (exact) mass is 342 g/mol. The van der Waals surface area contributed by atoms with E-state index in [1.807, 2.05) is 66.2 Å². The van der Waals surface area contributed by atoms with E-state index >= 15 is 0 Å². The van der Waals surface area contributed by atoms with Gasteiger partial charge in [-0.3, -0.25) is 4.79 Å². The molecular formula is C17H15BrN2O. The molecule has 1 amide bonds. The average Bonchev–Trinajstić information content (AvgIpc) is 2.84. The van der Waals surface area contributed by atoms with Crippen LogP contribution < -0.4 is 5.32 Å². The summed E-state index contributed by atoms with van der Waals surface area (Å²) in [5, 5.41) is 4.08. The molecule has 0 aliphatic heterocycles. The van der Waals surface area contributed by atoms with Crippen LogP contribution in [0, 0.1) is 6.92 Å². The number of nitrogens with one attached hydrogen (secondary N) is 1. The summed E-state index contributed by atoms with van der Waals surface area (Å²) in [5.41, 5.74) is 2.97. The quantitative estimate of drug-likeness (QED) is 0.754. The Hall–Kier alpha value is -2.07. The third kappa shape index (κ3) is 3.00. The Morgan fingerprint density at radius 3 is 2.81 bits per heavy atom. The van der Waals surface area contributed by atoms with Crippen molar-refractivity contribution in [1.82, 2.24) is 4.57 Å². The molecule has 3 rings (SSSR count). The van der Waals surface area contributed by atoms with Crippen molar-refractivity contribution in [2.75, 3.05) is 5.32 Å². The second-order valence-electron chi connectivity index (χ2n) is 5.01. The van der Waals surface area contributed by atoms with Gasteiger partial charge in [-0.25, -0.2) is 0 Å². The lowest BCUT2D eigenvalue weighted by molar-refractivity contribution is -0.116. The van der Waals surface area contributed by atoms with Gasteiger partial charge in [0.05, 0.1) is 0 Å². The van der Waals surface area contributed by atoms with Crippen molar-refractivity contribution >= 4 is 38.4 Å². The van der Waals surface area contributed by atoms with Gasteiger partial charge in [-0.15, -0.1) is 0 Å². The molecule has 0 atom stereocenters. The second kappa shape index (κ2) is 5.74. The fourth-order valence-electron chi connectivity index (χ4n) is 2.35. The fraction of sp³-hybridized carbons (Fsp3) is 0.118. The maximum absolute atomic E-state index is 12.2. The first-order valence-corrected chi connectivity index (χ1v) is 7.53. The number of hydrogen-bond donors (Lipinski definition) is 1. The number of hydrogen-bond acceptors (Lipinski definition) is 1. The van der Waals surface area contributed by atoms with Crippen LogP contribution in [-0.4, -0.2) is 10.5 Å². The molecular weight excluding hydrogens is 328 g/mol. The molecule has 0 saturated heterocycles. The summed E-state index contributed by atoms with van der Waals surface area (Å²) in [6.45, 7) is 2.28. The van der Waals surface area contributed by atoms with Gasteiger partial charge >= 0.3 is 0 Å². The van der Waals surface area contributed by atoms with E-state index in [2.05, 4.69) is 21.2 Å². The highest BCUT2D eigenvalue weighted by atomic mass is 79.9. The summed E-state index contributed by atoms with van der Waals surface area (Å²) in [7, 11) is 0. The van der Waals surface area contributed by atoms with Crippen LogP contribution in [0.3, 0.4) is 0 Å². The molecule has 106 valence electrons. The normalized spacial score (nSPS) is 10.8. The minimum absolute atomic E-state index is 0.0261. The number of rotatable bonds is 3. The highest BCUT2D eigenvalue weighted by Gasteiger charge is 2.08. The SMILES string of the molecule is Cc1ccccc1NC(=O)Cn1ccc2ccc(Br)cc21. The summed E-state index contributed by atoms with van der Waals surface area (Å²) in [6.07, 6.45) is 1.94. The van der Waals surface area contributed by atoms with Gasteiger partial charge < -0.3 is 9.88 Å². The number of aryl methyl sites for hydroxylation is 1. The molecule has 21 heavy (non-hydrogen) atoms. The Balaban J connectivity index is 1.80. The van der Waals surface area contributed by atoms with E-state index in [-0.39, 0.29) is 5.91 Å². The van der Waals surface area contributed by atoms with Gasteiger partial charge in [-0.05, 0) is 42.1 Å². The highest BCUT2D eigenvalue weighted by Crippen LogP contribution is 2.21. The lowest BCUT2D eigenvalue weighted by Gasteiger charge is -2.09. The minimum Gasteiger partial charge on any atom is -0.338 e. The van der Waals surface area contributed by atoms with Crippen LogP contribution in [0.2, 0.25) is 0 Å². The second-order valence-corrected chi connectivity index (χ2v) is 5.93. The van der Waals surface area contributed by atoms with Gasteiger partial charge in [-0.2, -0.15) is 0 Å². The number of nitrogens with zero attached hydrogens (tertiary/aromatic N) is 1. The van der Waals surface area contributed by atoms with Crippen molar-refractivity contribution in [3.8, 4) is 0 Å². The van der Waals surface area contributed by atoms with Gasteiger partial charge in [-0.1, -0.05) is 40.2 Å². The van der Waals surface area contributed by atoms with Gasteiger partial charge in [0.15, 0.2) is 0 Å². The van der Waals surface area contributed by atoms with Crippen molar-refractivity contribution in [2.45, 2.75) is 13.5 Å². The summed E-state index contributed by atoms with van der Waals surface area (Å²) < 4.78 is 2.96. The van der Waals surface area contributed by atoms with Crippen molar-refractivity contribution in [3.05, 3.63) is 64.8 Å². The molecule has 0 radical (unpaired) electrons. The van der Waals surface area contributed by atoms with Crippen molar-refractivity contribution in [1.29, 1.82) is 0 Å². The maximum atomic E-state index is 12.2. The molecule has 3 aromatic rings. The summed E-state index contributed by atoms with van der Waals surface area (Å²) in [6, 6.07) is 15.9. The number of fused-ring (bicyclic) bond motifs is 1. The lowest BCUT2D eigenvalue weighted by atomic mass is 10.2. The zero-order valence-electron chi connectivity index (χ0n) is 11.6. The minimum atomic E-state index is -0.0261. The molecule has 0 unspecified atom stereocenters. The van der Waals surface area contributed by atoms with Gasteiger partial charge in [0, 0.05) is 21.9 Å². The third-order valence-corrected chi connectivity index (χ3v) is 3.96. The number of carbonyl (C=O) groups excluding carboxylic acids is 1. The molecule has 0 fully saturated rings. The van der Waals surface area contributed by atoms with E-state index in [9.17, 15) is 4.79 Å². The third-order valence-electron chi connectivity index (χ3n) is 3.47. The van der Waals surface area contributed by atoms with Gasteiger partial charge in [0.1, 0.15) is 6.54 Å². The zero-order chi connectivity index (χ0) is 14.8. The van der Waals surface area contributed by atoms with E-state index in [0.717, 1.165) is 26.6 Å². The molecule has 1 heterocycles. The predicted molar refractivity (Wildman–Crippen MR) is 89.4 cm³/mol. The number of carbonyl (C=O) groups is 1. The van der Waals surface area contributed by atoms with Gasteiger partial charge in [0.25, 0.3) is 0 Å². The number of para-hydroxylation sites is 1. The zero-order valence-corrected chi connectivity index (χ0v) is 13.2. The molecule has 3 nitrogen and oxygen atoms in total. The van der Waals surface area contributed by atoms with E-state index in [1.165, 1.54) is 0 Å². The molecule has 0 bridgehead atoms. The largest absolute Gasteiger partial charge is 0.338 e. The lowest BCUT2D eigenvalue weighted by Crippen LogP contribution is -2.18. The Labute approximate surface area is 131 Å². The topological polar surface area (TPSA) is 34.0 Å². The van der Waals surface area contributed by atoms with Crippen LogP contribution in [-0.2, 0) is 11.3 Å². The molecule has 0 saturated carbocycles. The van der Waals surface area contributed by atoms with Crippen LogP contribution in [0.15, 0.2) is 59.2 Å². The van der Waals surface area contributed by atoms with Crippen molar-refractivity contribution in [3.63, 3.8) is 0 Å². The molecule has 0 aliphatic rings. The summed E-state index contributed by atoms with van der Waals surface area (Å²) in [4.78, 5) is 12.2. The molecule has 0 spiro atoms. The molecule has 1 aromatic heterocycles. The molecule has 2 aromatic carbocycles. The predicted octanol–water partition coefficient (Wildman–Crippen LogP) is 4.35. The smallest absolute Gasteiger partial charge is 0.244 e. The van der Waals surface area contributed by atoms with Crippen LogP contribution in [0.25, 0.3) is 10.9 Å². The standard InChI is InChI=1S/C17H15BrN2O/c1-12-4-2-3-5-15(12)19-17(21)11-20-9-8-13-6-7-14(18)10-16(13)20/h2-10H,11H2,1H3,(H,19,21). The van der Waals surface area contributed by atoms with Gasteiger partial charge in [0.2, 0.25) is 5.91 Å². The van der Waals surface area contributed by atoms with Crippen LogP contribution in [0.5, 0.6) is 0 Å². The molecule has 4 heteroatoms. The first kappa shape index (κ1) is 13.9. The van der Waals surface area contributed by atoms with Crippen LogP contribution in [0.1, 0.15) is 5.56 Å². The van der Waals surface area contributed by atoms with E-state index in [0.29, 0.717) is 6.54 Å².